The van der Waals surface area contributed by atoms with Crippen molar-refractivity contribution in [1.29, 1.82) is 0 Å². The van der Waals surface area contributed by atoms with E-state index >= 15 is 0 Å². The summed E-state index contributed by atoms with van der Waals surface area (Å²) in [4.78, 5) is 27.2. The lowest BCUT2D eigenvalue weighted by Gasteiger charge is -2.09. The van der Waals surface area contributed by atoms with Crippen molar-refractivity contribution in [2.75, 3.05) is 6.54 Å². The van der Waals surface area contributed by atoms with E-state index in [1.165, 1.54) is 0 Å². The fraction of sp³-hybridized carbons (Fsp3) is 0.200. The second-order valence-electron chi connectivity index (χ2n) is 6.30. The Morgan fingerprint density at radius 2 is 1.68 bits per heavy atom. The third kappa shape index (κ3) is 3.13. The molecular formula is C20H19N3O2. The van der Waals surface area contributed by atoms with E-state index in [0.717, 1.165) is 33.2 Å². The molecule has 0 atom stereocenters. The van der Waals surface area contributed by atoms with Crippen molar-refractivity contribution >= 4 is 22.7 Å². The van der Waals surface area contributed by atoms with Crippen LogP contribution in [0.3, 0.4) is 0 Å². The van der Waals surface area contributed by atoms with Crippen molar-refractivity contribution in [3.05, 3.63) is 59.8 Å². The third-order valence-electron chi connectivity index (χ3n) is 4.60. The van der Waals surface area contributed by atoms with E-state index in [0.29, 0.717) is 19.4 Å². The van der Waals surface area contributed by atoms with E-state index in [1.54, 1.807) is 0 Å². The van der Waals surface area contributed by atoms with E-state index in [4.69, 9.17) is 0 Å². The molecule has 5 heteroatoms. The summed E-state index contributed by atoms with van der Waals surface area (Å²) in [6.07, 6.45) is 2.97. The minimum Gasteiger partial charge on any atom is -0.360 e. The lowest BCUT2D eigenvalue weighted by molar-refractivity contribution is -0.126. The first kappa shape index (κ1) is 15.4. The molecule has 6 bridgehead atoms. The van der Waals surface area contributed by atoms with Gasteiger partial charge in [0.25, 0.3) is 0 Å². The molecule has 0 saturated carbocycles. The van der Waals surface area contributed by atoms with Gasteiger partial charge in [0.2, 0.25) is 11.8 Å². The number of aromatic amines is 1. The zero-order valence-corrected chi connectivity index (χ0v) is 13.8. The van der Waals surface area contributed by atoms with Gasteiger partial charge in [-0.25, -0.2) is 0 Å². The van der Waals surface area contributed by atoms with Gasteiger partial charge in [-0.1, -0.05) is 36.4 Å². The summed E-state index contributed by atoms with van der Waals surface area (Å²) in [7, 11) is 0. The molecule has 0 saturated heterocycles. The monoisotopic (exact) mass is 333 g/mol. The third-order valence-corrected chi connectivity index (χ3v) is 4.60. The van der Waals surface area contributed by atoms with E-state index in [2.05, 4.69) is 39.9 Å². The van der Waals surface area contributed by atoms with Crippen molar-refractivity contribution in [3.63, 3.8) is 0 Å². The van der Waals surface area contributed by atoms with Gasteiger partial charge >= 0.3 is 0 Å². The number of amides is 2. The molecule has 4 rings (SSSR count). The predicted octanol–water partition coefficient (Wildman–Crippen LogP) is 2.51. The highest BCUT2D eigenvalue weighted by Crippen LogP contribution is 2.30. The zero-order chi connectivity index (χ0) is 17.2. The molecule has 1 aromatic heterocycles. The van der Waals surface area contributed by atoms with Crippen molar-refractivity contribution < 1.29 is 9.59 Å². The van der Waals surface area contributed by atoms with Crippen LogP contribution in [0.1, 0.15) is 17.5 Å². The SMILES string of the molecule is O=C1CCc2c[nH]c3c(cccc23)-c2cccc(c2)CNC(=O)CN1. The van der Waals surface area contributed by atoms with Crippen LogP contribution in [0.15, 0.2) is 48.7 Å². The molecular weight excluding hydrogens is 314 g/mol. The van der Waals surface area contributed by atoms with Crippen molar-refractivity contribution in [1.82, 2.24) is 15.6 Å². The molecule has 0 spiro atoms. The van der Waals surface area contributed by atoms with Crippen LogP contribution in [0.5, 0.6) is 0 Å². The largest absolute Gasteiger partial charge is 0.360 e. The van der Waals surface area contributed by atoms with Gasteiger partial charge < -0.3 is 15.6 Å². The Labute approximate surface area is 145 Å². The number of fused-ring (bicyclic) bond motifs is 3. The highest BCUT2D eigenvalue weighted by Gasteiger charge is 2.12. The topological polar surface area (TPSA) is 74.0 Å². The lowest BCUT2D eigenvalue weighted by atomic mass is 9.99. The van der Waals surface area contributed by atoms with Crippen LogP contribution in [0.25, 0.3) is 22.0 Å². The molecule has 1 aliphatic heterocycles. The molecule has 0 radical (unpaired) electrons. The number of hydrogen-bond acceptors (Lipinski definition) is 2. The van der Waals surface area contributed by atoms with Gasteiger partial charge in [-0.3, -0.25) is 9.59 Å². The fourth-order valence-corrected chi connectivity index (χ4v) is 3.29. The van der Waals surface area contributed by atoms with Gasteiger partial charge in [-0.15, -0.1) is 0 Å². The predicted molar refractivity (Wildman–Crippen MR) is 96.9 cm³/mol. The Balaban J connectivity index is 1.81. The van der Waals surface area contributed by atoms with Crippen LogP contribution >= 0.6 is 0 Å². The Morgan fingerprint density at radius 3 is 2.60 bits per heavy atom. The van der Waals surface area contributed by atoms with Crippen molar-refractivity contribution in [2.24, 2.45) is 0 Å². The number of aryl methyl sites for hydroxylation is 1. The van der Waals surface area contributed by atoms with E-state index in [9.17, 15) is 9.59 Å². The van der Waals surface area contributed by atoms with Gasteiger partial charge in [-0.2, -0.15) is 0 Å². The van der Waals surface area contributed by atoms with E-state index in [1.807, 2.05) is 24.4 Å². The highest BCUT2D eigenvalue weighted by molar-refractivity contribution is 5.96. The van der Waals surface area contributed by atoms with Gasteiger partial charge in [0.1, 0.15) is 0 Å². The van der Waals surface area contributed by atoms with Crippen molar-refractivity contribution in [3.8, 4) is 11.1 Å². The first-order valence-electron chi connectivity index (χ1n) is 8.42. The summed E-state index contributed by atoms with van der Waals surface area (Å²) in [6.45, 7) is 0.448. The fourth-order valence-electron chi connectivity index (χ4n) is 3.29. The molecule has 0 unspecified atom stereocenters. The van der Waals surface area contributed by atoms with Gasteiger partial charge in [0.05, 0.1) is 12.1 Å². The molecule has 25 heavy (non-hydrogen) atoms. The number of rotatable bonds is 0. The Hall–Kier alpha value is -3.08. The second-order valence-corrected chi connectivity index (χ2v) is 6.30. The smallest absolute Gasteiger partial charge is 0.239 e. The molecule has 2 amide bonds. The molecule has 0 aliphatic carbocycles. The number of aromatic nitrogens is 1. The molecule has 0 fully saturated rings. The minimum atomic E-state index is -0.181. The van der Waals surface area contributed by atoms with Gasteiger partial charge in [0, 0.05) is 30.1 Å². The number of H-pyrrole nitrogens is 1. The van der Waals surface area contributed by atoms with Crippen LogP contribution in [-0.2, 0) is 22.6 Å². The van der Waals surface area contributed by atoms with E-state index < -0.39 is 0 Å². The molecule has 1 aliphatic rings. The van der Waals surface area contributed by atoms with Crippen LogP contribution in [0, 0.1) is 0 Å². The Bertz CT molecular complexity index is 958. The minimum absolute atomic E-state index is 0.00875. The van der Waals surface area contributed by atoms with E-state index in [-0.39, 0.29) is 18.4 Å². The number of para-hydroxylation sites is 1. The maximum Gasteiger partial charge on any atom is 0.239 e. The molecule has 5 nitrogen and oxygen atoms in total. The lowest BCUT2D eigenvalue weighted by Crippen LogP contribution is -2.36. The van der Waals surface area contributed by atoms with Crippen LogP contribution in [0.2, 0.25) is 0 Å². The quantitative estimate of drug-likeness (QED) is 0.591. The molecule has 2 heterocycles. The first-order chi connectivity index (χ1) is 12.2. The maximum atomic E-state index is 12.0. The molecule has 126 valence electrons. The number of carbonyl (C=O) groups is 2. The summed E-state index contributed by atoms with van der Waals surface area (Å²) in [5.41, 5.74) is 5.44. The normalized spacial score (nSPS) is 15.4. The van der Waals surface area contributed by atoms with Crippen LogP contribution in [0.4, 0.5) is 0 Å². The molecule has 2 aromatic carbocycles. The Morgan fingerprint density at radius 1 is 0.840 bits per heavy atom. The van der Waals surface area contributed by atoms with Gasteiger partial charge in [0.15, 0.2) is 0 Å². The summed E-state index contributed by atoms with van der Waals surface area (Å²) in [5.74, 6) is -0.296. The standard InChI is InChI=1S/C20H19N3O2/c24-18-8-7-15-11-23-20-16(5-2-6-17(15)20)14-4-1-3-13(9-14)10-21-19(25)12-22-18/h1-6,9,11,23H,7-8,10,12H2,(H,21,25)(H,22,24). The van der Waals surface area contributed by atoms with Crippen molar-refractivity contribution in [2.45, 2.75) is 19.4 Å². The summed E-state index contributed by atoms with van der Waals surface area (Å²) in [5, 5.41) is 6.66. The molecule has 3 aromatic rings. The average Bonchev–Trinajstić information content (AvgIpc) is 3.05. The Kier molecular flexibility index (Phi) is 3.98. The highest BCUT2D eigenvalue weighted by atomic mass is 16.2. The zero-order valence-electron chi connectivity index (χ0n) is 13.8. The van der Waals surface area contributed by atoms with Crippen LogP contribution in [-0.4, -0.2) is 23.3 Å². The second kappa shape index (κ2) is 6.43. The maximum absolute atomic E-state index is 12.0. The summed E-state index contributed by atoms with van der Waals surface area (Å²) in [6, 6.07) is 14.4. The number of nitrogens with one attached hydrogen (secondary N) is 3. The summed E-state index contributed by atoms with van der Waals surface area (Å²) >= 11 is 0. The number of benzene rings is 2. The first-order valence-corrected chi connectivity index (χ1v) is 8.42. The molecule has 3 N–H and O–H groups in total. The number of carbonyl (C=O) groups excluding carboxylic acids is 2. The average molecular weight is 333 g/mol. The van der Waals surface area contributed by atoms with Crippen LogP contribution < -0.4 is 10.6 Å². The summed E-state index contributed by atoms with van der Waals surface area (Å²) < 4.78 is 0. The number of hydrogen-bond donors (Lipinski definition) is 3. The van der Waals surface area contributed by atoms with Gasteiger partial charge in [-0.05, 0) is 29.2 Å².